The van der Waals surface area contributed by atoms with Crippen LogP contribution in [0.2, 0.25) is 0 Å². The van der Waals surface area contributed by atoms with Crippen LogP contribution in [0.3, 0.4) is 0 Å². The molecule has 0 aliphatic carbocycles. The lowest BCUT2D eigenvalue weighted by atomic mass is 10.2. The number of ether oxygens (including phenoxy) is 3. The number of hydrogen-bond donors (Lipinski definition) is 1. The number of anilines is 1. The molecule has 0 saturated carbocycles. The van der Waals surface area contributed by atoms with Crippen molar-refractivity contribution in [2.24, 2.45) is 5.16 Å². The highest BCUT2D eigenvalue weighted by molar-refractivity contribution is 5.94. The topological polar surface area (TPSA) is 78.4 Å². The van der Waals surface area contributed by atoms with Crippen LogP contribution >= 0.6 is 0 Å². The van der Waals surface area contributed by atoms with Crippen LogP contribution in [0.1, 0.15) is 19.4 Å². The van der Waals surface area contributed by atoms with Crippen molar-refractivity contribution in [3.05, 3.63) is 48.0 Å². The molecule has 27 heavy (non-hydrogen) atoms. The SMILES string of the molecule is CCOc1ccc(/C=N/OC(C)C(=O)Nc2ccc(OC)c(OC)c2)cc1. The van der Waals surface area contributed by atoms with Crippen LogP contribution in [0.25, 0.3) is 0 Å². The van der Waals surface area contributed by atoms with E-state index in [0.717, 1.165) is 11.3 Å². The molecular formula is C20H24N2O5. The van der Waals surface area contributed by atoms with Crippen LogP contribution in [-0.4, -0.2) is 39.1 Å². The highest BCUT2D eigenvalue weighted by Gasteiger charge is 2.15. The largest absolute Gasteiger partial charge is 0.494 e. The Labute approximate surface area is 158 Å². The molecule has 0 bridgehead atoms. The summed E-state index contributed by atoms with van der Waals surface area (Å²) in [5.74, 6) is 1.57. The molecule has 7 nitrogen and oxygen atoms in total. The molecule has 2 rings (SSSR count). The molecule has 0 spiro atoms. The number of oxime groups is 1. The van der Waals surface area contributed by atoms with E-state index in [1.807, 2.05) is 31.2 Å². The first-order valence-electron chi connectivity index (χ1n) is 8.52. The first kappa shape index (κ1) is 20.1. The number of hydrogen-bond acceptors (Lipinski definition) is 6. The molecule has 0 aliphatic heterocycles. The minimum Gasteiger partial charge on any atom is -0.494 e. The summed E-state index contributed by atoms with van der Waals surface area (Å²) in [7, 11) is 3.08. The summed E-state index contributed by atoms with van der Waals surface area (Å²) >= 11 is 0. The number of carbonyl (C=O) groups is 1. The van der Waals surface area contributed by atoms with Gasteiger partial charge >= 0.3 is 0 Å². The van der Waals surface area contributed by atoms with Gasteiger partial charge in [0.05, 0.1) is 27.0 Å². The Hall–Kier alpha value is -3.22. The number of amides is 1. The maximum Gasteiger partial charge on any atom is 0.267 e. The van der Waals surface area contributed by atoms with Crippen molar-refractivity contribution < 1.29 is 23.8 Å². The fourth-order valence-electron chi connectivity index (χ4n) is 2.21. The molecule has 0 aromatic heterocycles. The number of benzene rings is 2. The van der Waals surface area contributed by atoms with Gasteiger partial charge in [-0.2, -0.15) is 0 Å². The Morgan fingerprint density at radius 3 is 2.44 bits per heavy atom. The second-order valence-electron chi connectivity index (χ2n) is 5.54. The standard InChI is InChI=1S/C20H24N2O5/c1-5-26-17-9-6-15(7-10-17)13-21-27-14(2)20(23)22-16-8-11-18(24-3)19(12-16)25-4/h6-14H,5H2,1-4H3,(H,22,23)/b21-13+. The van der Waals surface area contributed by atoms with E-state index in [9.17, 15) is 4.79 Å². The van der Waals surface area contributed by atoms with E-state index in [0.29, 0.717) is 23.8 Å². The molecule has 7 heteroatoms. The van der Waals surface area contributed by atoms with Gasteiger partial charge in [-0.3, -0.25) is 4.79 Å². The zero-order valence-electron chi connectivity index (χ0n) is 15.9. The van der Waals surface area contributed by atoms with Gasteiger partial charge in [0, 0.05) is 11.8 Å². The Bertz CT molecular complexity index is 774. The van der Waals surface area contributed by atoms with Gasteiger partial charge in [0.15, 0.2) is 11.5 Å². The van der Waals surface area contributed by atoms with Crippen LogP contribution < -0.4 is 19.5 Å². The molecule has 2 aromatic carbocycles. The highest BCUT2D eigenvalue weighted by Crippen LogP contribution is 2.29. The Morgan fingerprint density at radius 2 is 1.81 bits per heavy atom. The van der Waals surface area contributed by atoms with E-state index in [-0.39, 0.29) is 5.91 Å². The van der Waals surface area contributed by atoms with Crippen LogP contribution in [0.4, 0.5) is 5.69 Å². The monoisotopic (exact) mass is 372 g/mol. The minimum absolute atomic E-state index is 0.328. The smallest absolute Gasteiger partial charge is 0.267 e. The average molecular weight is 372 g/mol. The van der Waals surface area contributed by atoms with E-state index < -0.39 is 6.10 Å². The summed E-state index contributed by atoms with van der Waals surface area (Å²) in [6, 6.07) is 12.5. The highest BCUT2D eigenvalue weighted by atomic mass is 16.6. The second kappa shape index (κ2) is 10.1. The lowest BCUT2D eigenvalue weighted by molar-refractivity contribution is -0.126. The lowest BCUT2D eigenvalue weighted by Gasteiger charge is -2.13. The lowest BCUT2D eigenvalue weighted by Crippen LogP contribution is -2.26. The summed E-state index contributed by atoms with van der Waals surface area (Å²) in [6.45, 7) is 4.16. The van der Waals surface area contributed by atoms with Gasteiger partial charge in [-0.25, -0.2) is 0 Å². The molecule has 0 radical (unpaired) electrons. The quantitative estimate of drug-likeness (QED) is 0.539. The maximum absolute atomic E-state index is 12.2. The van der Waals surface area contributed by atoms with Crippen LogP contribution in [-0.2, 0) is 9.63 Å². The predicted molar refractivity (Wildman–Crippen MR) is 104 cm³/mol. The van der Waals surface area contributed by atoms with E-state index in [1.54, 1.807) is 32.2 Å². The predicted octanol–water partition coefficient (Wildman–Crippen LogP) is 3.48. The Balaban J connectivity index is 1.89. The minimum atomic E-state index is -0.767. The zero-order valence-corrected chi connectivity index (χ0v) is 15.9. The van der Waals surface area contributed by atoms with E-state index in [1.165, 1.54) is 13.3 Å². The summed E-state index contributed by atoms with van der Waals surface area (Å²) in [4.78, 5) is 17.5. The summed E-state index contributed by atoms with van der Waals surface area (Å²) in [5.41, 5.74) is 1.41. The molecule has 1 unspecified atom stereocenters. The van der Waals surface area contributed by atoms with Gasteiger partial charge in [0.2, 0.25) is 6.10 Å². The van der Waals surface area contributed by atoms with Crippen molar-refractivity contribution in [3.8, 4) is 17.2 Å². The van der Waals surface area contributed by atoms with Crippen molar-refractivity contribution in [1.82, 2.24) is 0 Å². The Morgan fingerprint density at radius 1 is 1.11 bits per heavy atom. The first-order chi connectivity index (χ1) is 13.1. The number of methoxy groups -OCH3 is 2. The molecule has 0 saturated heterocycles. The Kier molecular flexibility index (Phi) is 7.49. The molecule has 1 atom stereocenters. The van der Waals surface area contributed by atoms with Gasteiger partial charge in [0.25, 0.3) is 5.91 Å². The summed E-state index contributed by atoms with van der Waals surface area (Å²) in [6.07, 6.45) is 0.771. The molecule has 0 fully saturated rings. The third-order valence-electron chi connectivity index (χ3n) is 3.63. The fourth-order valence-corrected chi connectivity index (χ4v) is 2.21. The van der Waals surface area contributed by atoms with E-state index in [4.69, 9.17) is 19.0 Å². The molecule has 0 heterocycles. The molecule has 1 N–H and O–H groups in total. The number of carbonyl (C=O) groups excluding carboxylic acids is 1. The first-order valence-corrected chi connectivity index (χ1v) is 8.52. The number of nitrogens with one attached hydrogen (secondary N) is 1. The van der Waals surface area contributed by atoms with Crippen molar-refractivity contribution in [2.75, 3.05) is 26.1 Å². The molecule has 0 aliphatic rings. The maximum atomic E-state index is 12.2. The number of rotatable bonds is 9. The average Bonchev–Trinajstić information content (AvgIpc) is 2.69. The third kappa shape index (κ3) is 5.91. The van der Waals surface area contributed by atoms with Gasteiger partial charge < -0.3 is 24.4 Å². The van der Waals surface area contributed by atoms with Crippen molar-refractivity contribution in [1.29, 1.82) is 0 Å². The molecule has 2 aromatic rings. The number of nitrogens with zero attached hydrogens (tertiary/aromatic N) is 1. The van der Waals surface area contributed by atoms with Crippen molar-refractivity contribution >= 4 is 17.8 Å². The molecule has 144 valence electrons. The fraction of sp³-hybridized carbons (Fsp3) is 0.300. The van der Waals surface area contributed by atoms with Gasteiger partial charge in [-0.15, -0.1) is 0 Å². The van der Waals surface area contributed by atoms with Crippen molar-refractivity contribution in [2.45, 2.75) is 20.0 Å². The van der Waals surface area contributed by atoms with Crippen LogP contribution in [0, 0.1) is 0 Å². The molecular weight excluding hydrogens is 348 g/mol. The van der Waals surface area contributed by atoms with Crippen molar-refractivity contribution in [3.63, 3.8) is 0 Å². The van der Waals surface area contributed by atoms with Gasteiger partial charge in [-0.05, 0) is 55.8 Å². The normalized spacial score (nSPS) is 11.7. The van der Waals surface area contributed by atoms with Gasteiger partial charge in [0.1, 0.15) is 5.75 Å². The van der Waals surface area contributed by atoms with Crippen LogP contribution in [0.5, 0.6) is 17.2 Å². The summed E-state index contributed by atoms with van der Waals surface area (Å²) in [5, 5.41) is 6.62. The second-order valence-corrected chi connectivity index (χ2v) is 5.54. The third-order valence-corrected chi connectivity index (χ3v) is 3.63. The summed E-state index contributed by atoms with van der Waals surface area (Å²) < 4.78 is 15.8. The van der Waals surface area contributed by atoms with E-state index >= 15 is 0 Å². The van der Waals surface area contributed by atoms with Gasteiger partial charge in [-0.1, -0.05) is 5.16 Å². The van der Waals surface area contributed by atoms with Crippen LogP contribution in [0.15, 0.2) is 47.6 Å². The zero-order chi connectivity index (χ0) is 19.6. The molecule has 1 amide bonds. The van der Waals surface area contributed by atoms with E-state index in [2.05, 4.69) is 10.5 Å².